The Bertz CT molecular complexity index is 1260. The molecule has 35 heavy (non-hydrogen) atoms. The number of para-hydroxylation sites is 1. The van der Waals surface area contributed by atoms with Gasteiger partial charge in [0, 0.05) is 11.6 Å². The van der Waals surface area contributed by atoms with Crippen LogP contribution in [0.5, 0.6) is 11.5 Å². The first-order valence-corrected chi connectivity index (χ1v) is 10.3. The number of benzene rings is 3. The van der Waals surface area contributed by atoms with Gasteiger partial charge in [-0.05, 0) is 42.0 Å². The molecule has 11 heteroatoms. The molecule has 3 aromatic carbocycles. The lowest BCUT2D eigenvalue weighted by molar-refractivity contribution is -0.137. The van der Waals surface area contributed by atoms with Crippen molar-refractivity contribution in [3.63, 3.8) is 0 Å². The second kappa shape index (κ2) is 10.9. The number of methoxy groups -OCH3 is 2. The predicted octanol–water partition coefficient (Wildman–Crippen LogP) is 5.39. The Labute approximate surface area is 203 Å². The average Bonchev–Trinajstić information content (AvgIpc) is 2.84. The Hall–Kier alpha value is -4.05. The van der Waals surface area contributed by atoms with Crippen LogP contribution in [0.25, 0.3) is 0 Å². The zero-order chi connectivity index (χ0) is 25.6. The molecule has 0 heterocycles. The van der Waals surface area contributed by atoms with Crippen LogP contribution in [0.1, 0.15) is 31.8 Å². The van der Waals surface area contributed by atoms with Crippen LogP contribution < -0.4 is 20.2 Å². The number of carbonyl (C=O) groups excluding carboxylic acids is 2. The van der Waals surface area contributed by atoms with E-state index in [4.69, 9.17) is 21.1 Å². The third-order valence-electron chi connectivity index (χ3n) is 4.71. The Balaban J connectivity index is 1.76. The van der Waals surface area contributed by atoms with Crippen LogP contribution in [0.15, 0.2) is 65.8 Å². The van der Waals surface area contributed by atoms with Crippen LogP contribution >= 0.6 is 11.6 Å². The highest BCUT2D eigenvalue weighted by molar-refractivity contribution is 6.31. The lowest BCUT2D eigenvalue weighted by Gasteiger charge is -2.12. The first-order chi connectivity index (χ1) is 16.6. The van der Waals surface area contributed by atoms with E-state index in [1.807, 2.05) is 0 Å². The number of carbonyl (C=O) groups is 2. The standard InChI is InChI=1S/C24H19ClF3N3O4/c1-34-16-10-15(11-17(12-16)35-2)22(32)30-21-6-4-3-5-18(21)23(33)31-29-13-14-7-8-20(25)19(9-14)24(26,27)28/h3-13H,1-2H3,(H,30,32)(H,31,33)/b29-13-. The van der Waals surface area contributed by atoms with E-state index in [-0.39, 0.29) is 22.4 Å². The van der Waals surface area contributed by atoms with Crippen molar-refractivity contribution in [2.75, 3.05) is 19.5 Å². The van der Waals surface area contributed by atoms with Crippen molar-refractivity contribution in [2.24, 2.45) is 5.10 Å². The highest BCUT2D eigenvalue weighted by Gasteiger charge is 2.33. The summed E-state index contributed by atoms with van der Waals surface area (Å²) in [6.45, 7) is 0. The van der Waals surface area contributed by atoms with E-state index >= 15 is 0 Å². The first-order valence-electron chi connectivity index (χ1n) is 9.96. The molecular weight excluding hydrogens is 487 g/mol. The number of nitrogens with zero attached hydrogens (tertiary/aromatic N) is 1. The van der Waals surface area contributed by atoms with E-state index < -0.39 is 28.6 Å². The van der Waals surface area contributed by atoms with E-state index in [1.54, 1.807) is 18.2 Å². The number of halogens is 4. The molecule has 0 aliphatic heterocycles. The number of hydrogen-bond acceptors (Lipinski definition) is 5. The molecule has 2 amide bonds. The van der Waals surface area contributed by atoms with E-state index in [0.29, 0.717) is 11.5 Å². The van der Waals surface area contributed by atoms with E-state index in [2.05, 4.69) is 15.8 Å². The van der Waals surface area contributed by atoms with Crippen molar-refractivity contribution in [3.05, 3.63) is 87.9 Å². The van der Waals surface area contributed by atoms with Crippen LogP contribution in [-0.4, -0.2) is 32.2 Å². The predicted molar refractivity (Wildman–Crippen MR) is 125 cm³/mol. The molecule has 0 aliphatic carbocycles. The molecule has 0 fully saturated rings. The summed E-state index contributed by atoms with van der Waals surface area (Å²) in [6.07, 6.45) is -3.58. The van der Waals surface area contributed by atoms with Gasteiger partial charge in [-0.15, -0.1) is 0 Å². The molecular formula is C24H19ClF3N3O4. The van der Waals surface area contributed by atoms with Gasteiger partial charge >= 0.3 is 6.18 Å². The largest absolute Gasteiger partial charge is 0.497 e. The van der Waals surface area contributed by atoms with Gasteiger partial charge in [-0.2, -0.15) is 18.3 Å². The molecule has 7 nitrogen and oxygen atoms in total. The summed E-state index contributed by atoms with van der Waals surface area (Å²) in [5.74, 6) is -0.395. The van der Waals surface area contributed by atoms with E-state index in [1.165, 1.54) is 44.6 Å². The summed E-state index contributed by atoms with van der Waals surface area (Å²) in [5.41, 5.74) is 1.81. The summed E-state index contributed by atoms with van der Waals surface area (Å²) in [5, 5.41) is 5.91. The first kappa shape index (κ1) is 25.6. The molecule has 0 spiro atoms. The molecule has 0 atom stereocenters. The van der Waals surface area contributed by atoms with Gasteiger partial charge < -0.3 is 14.8 Å². The maximum atomic E-state index is 13.0. The highest BCUT2D eigenvalue weighted by atomic mass is 35.5. The molecule has 3 rings (SSSR count). The monoisotopic (exact) mass is 505 g/mol. The highest BCUT2D eigenvalue weighted by Crippen LogP contribution is 2.34. The SMILES string of the molecule is COc1cc(OC)cc(C(=O)Nc2ccccc2C(=O)N/N=C\c2ccc(Cl)c(C(F)(F)F)c2)c1. The van der Waals surface area contributed by atoms with Crippen molar-refractivity contribution in [2.45, 2.75) is 6.18 Å². The van der Waals surface area contributed by atoms with Crippen molar-refractivity contribution in [3.8, 4) is 11.5 Å². The number of hydrogen-bond donors (Lipinski definition) is 2. The van der Waals surface area contributed by atoms with E-state index in [9.17, 15) is 22.8 Å². The van der Waals surface area contributed by atoms with Gasteiger partial charge in [-0.3, -0.25) is 9.59 Å². The minimum absolute atomic E-state index is 0.0792. The molecule has 0 saturated heterocycles. The van der Waals surface area contributed by atoms with E-state index in [0.717, 1.165) is 18.3 Å². The number of ether oxygens (including phenoxy) is 2. The fourth-order valence-electron chi connectivity index (χ4n) is 2.99. The Kier molecular flexibility index (Phi) is 7.98. The fourth-order valence-corrected chi connectivity index (χ4v) is 3.21. The van der Waals surface area contributed by atoms with Crippen molar-refractivity contribution in [1.82, 2.24) is 5.43 Å². The van der Waals surface area contributed by atoms with Gasteiger partial charge in [0.15, 0.2) is 0 Å². The average molecular weight is 506 g/mol. The summed E-state index contributed by atoms with van der Waals surface area (Å²) in [6, 6.07) is 14.0. The molecule has 0 saturated carbocycles. The fraction of sp³-hybridized carbons (Fsp3) is 0.125. The van der Waals surface area contributed by atoms with Crippen LogP contribution in [0.3, 0.4) is 0 Å². The maximum Gasteiger partial charge on any atom is 0.417 e. The number of nitrogens with one attached hydrogen (secondary N) is 2. The Morgan fingerprint density at radius 1 is 0.943 bits per heavy atom. The topological polar surface area (TPSA) is 89.0 Å². The minimum Gasteiger partial charge on any atom is -0.497 e. The molecule has 0 aromatic heterocycles. The summed E-state index contributed by atoms with van der Waals surface area (Å²) in [7, 11) is 2.90. The quantitative estimate of drug-likeness (QED) is 0.333. The summed E-state index contributed by atoms with van der Waals surface area (Å²) < 4.78 is 49.4. The lowest BCUT2D eigenvalue weighted by atomic mass is 10.1. The number of hydrazone groups is 1. The maximum absolute atomic E-state index is 13.0. The smallest absolute Gasteiger partial charge is 0.417 e. The third kappa shape index (κ3) is 6.51. The molecule has 0 aliphatic rings. The van der Waals surface area contributed by atoms with Crippen molar-refractivity contribution in [1.29, 1.82) is 0 Å². The second-order valence-corrected chi connectivity index (χ2v) is 7.44. The zero-order valence-electron chi connectivity index (χ0n) is 18.4. The van der Waals surface area contributed by atoms with Crippen molar-refractivity contribution < 1.29 is 32.2 Å². The van der Waals surface area contributed by atoms with Gasteiger partial charge in [0.25, 0.3) is 11.8 Å². The number of alkyl halides is 3. The molecule has 3 aromatic rings. The summed E-state index contributed by atoms with van der Waals surface area (Å²) >= 11 is 5.60. The molecule has 0 radical (unpaired) electrons. The van der Waals surface area contributed by atoms with Crippen LogP contribution in [0, 0.1) is 0 Å². The molecule has 0 bridgehead atoms. The second-order valence-electron chi connectivity index (χ2n) is 7.04. The van der Waals surface area contributed by atoms with Crippen molar-refractivity contribution >= 4 is 35.3 Å². The molecule has 2 N–H and O–H groups in total. The van der Waals surface area contributed by atoms with Crippen LogP contribution in [-0.2, 0) is 6.18 Å². The van der Waals surface area contributed by atoms with Gasteiger partial charge in [-0.1, -0.05) is 29.8 Å². The molecule has 0 unspecified atom stereocenters. The number of amides is 2. The van der Waals surface area contributed by atoms with Gasteiger partial charge in [0.2, 0.25) is 0 Å². The summed E-state index contributed by atoms with van der Waals surface area (Å²) in [4.78, 5) is 25.4. The minimum atomic E-state index is -4.63. The van der Waals surface area contributed by atoms with Crippen LogP contribution in [0.4, 0.5) is 18.9 Å². The van der Waals surface area contributed by atoms with Gasteiger partial charge in [0.1, 0.15) is 11.5 Å². The number of anilines is 1. The Morgan fingerprint density at radius 3 is 2.23 bits per heavy atom. The lowest BCUT2D eigenvalue weighted by Crippen LogP contribution is -2.21. The van der Waals surface area contributed by atoms with Gasteiger partial charge in [0.05, 0.1) is 42.3 Å². The van der Waals surface area contributed by atoms with Crippen LogP contribution in [0.2, 0.25) is 5.02 Å². The molecule has 182 valence electrons. The Morgan fingerprint density at radius 2 is 1.60 bits per heavy atom. The third-order valence-corrected chi connectivity index (χ3v) is 5.04. The normalized spacial score (nSPS) is 11.3. The number of rotatable bonds is 7. The zero-order valence-corrected chi connectivity index (χ0v) is 19.2. The van der Waals surface area contributed by atoms with Gasteiger partial charge in [-0.25, -0.2) is 5.43 Å².